The van der Waals surface area contributed by atoms with Crippen LogP contribution < -0.4 is 11.1 Å². The highest BCUT2D eigenvalue weighted by Gasteiger charge is 2.40. The number of nitrogen functional groups attached to an aromatic ring is 1. The van der Waals surface area contributed by atoms with Gasteiger partial charge in [0, 0.05) is 35.5 Å². The zero-order valence-corrected chi connectivity index (χ0v) is 28.6. The Labute approximate surface area is 294 Å². The Hall–Kier alpha value is -5.00. The minimum Gasteiger partial charge on any atom is -0.382 e. The van der Waals surface area contributed by atoms with E-state index in [0.29, 0.717) is 58.1 Å². The lowest BCUT2D eigenvalue weighted by Crippen LogP contribution is -2.34. The highest BCUT2D eigenvalue weighted by molar-refractivity contribution is 6.37. The van der Waals surface area contributed by atoms with Crippen LogP contribution in [0.4, 0.5) is 27.8 Å². The molecule has 1 amide bonds. The van der Waals surface area contributed by atoms with Crippen molar-refractivity contribution >= 4 is 34.2 Å². The van der Waals surface area contributed by atoms with E-state index in [1.165, 1.54) is 18.5 Å². The molecular weight excluding hydrogens is 693 g/mol. The molecule has 0 unspecified atom stereocenters. The summed E-state index contributed by atoms with van der Waals surface area (Å²) in [4.78, 5) is 18.6. The second-order valence-electron chi connectivity index (χ2n) is 13.0. The van der Waals surface area contributed by atoms with Gasteiger partial charge in [-0.15, -0.1) is 0 Å². The van der Waals surface area contributed by atoms with Crippen LogP contribution in [0, 0.1) is 23.5 Å². The van der Waals surface area contributed by atoms with Gasteiger partial charge in [-0.3, -0.25) is 14.2 Å². The number of hydrogen-bond acceptors (Lipinski definition) is 6. The number of fused-ring (bicyclic) bond motifs is 2. The first-order chi connectivity index (χ1) is 24.0. The number of carbonyl (C=O) groups excluding carboxylic acids is 1. The maximum Gasteiger partial charge on any atom is 0.435 e. The molecule has 4 N–H and O–H groups in total. The van der Waals surface area contributed by atoms with E-state index in [0.717, 1.165) is 16.8 Å². The number of benzene rings is 2. The molecule has 3 aromatic heterocycles. The Kier molecular flexibility index (Phi) is 9.56. The zero-order valence-electron chi connectivity index (χ0n) is 27.8. The molecule has 15 heteroatoms. The first-order valence-corrected chi connectivity index (χ1v) is 16.4. The fraction of sp³-hybridized carbons (Fsp3) is 0.333. The number of pyridine rings is 1. The molecule has 9 nitrogen and oxygen atoms in total. The average molecular weight is 726 g/mol. The maximum absolute atomic E-state index is 14.4. The van der Waals surface area contributed by atoms with Crippen molar-refractivity contribution in [1.29, 1.82) is 0 Å². The quantitative estimate of drug-likeness (QED) is 0.131. The van der Waals surface area contributed by atoms with Crippen LogP contribution in [-0.4, -0.2) is 41.2 Å². The third-order valence-electron chi connectivity index (χ3n) is 8.52. The summed E-state index contributed by atoms with van der Waals surface area (Å²) >= 11 is 6.51. The molecule has 3 heterocycles. The topological polar surface area (TPSA) is 124 Å². The summed E-state index contributed by atoms with van der Waals surface area (Å²) in [5.41, 5.74) is 6.33. The van der Waals surface area contributed by atoms with Crippen LogP contribution in [0.1, 0.15) is 66.6 Å². The Morgan fingerprint density at radius 1 is 1.06 bits per heavy atom. The molecule has 0 spiro atoms. The van der Waals surface area contributed by atoms with Crippen molar-refractivity contribution < 1.29 is 31.9 Å². The van der Waals surface area contributed by atoms with E-state index < -0.39 is 47.6 Å². The van der Waals surface area contributed by atoms with Gasteiger partial charge in [-0.05, 0) is 87.8 Å². The van der Waals surface area contributed by atoms with Crippen molar-refractivity contribution in [2.45, 2.75) is 70.3 Å². The monoisotopic (exact) mass is 725 g/mol. The number of aliphatic hydroxyl groups is 1. The van der Waals surface area contributed by atoms with Gasteiger partial charge < -0.3 is 16.2 Å². The summed E-state index contributed by atoms with van der Waals surface area (Å²) in [6.07, 6.45) is -3.15. The van der Waals surface area contributed by atoms with Crippen LogP contribution in [0.25, 0.3) is 22.0 Å². The Balaban J connectivity index is 1.50. The predicted octanol–water partition coefficient (Wildman–Crippen LogP) is 6.47. The van der Waals surface area contributed by atoms with Gasteiger partial charge >= 0.3 is 6.18 Å². The second kappa shape index (κ2) is 13.6. The molecule has 0 aliphatic heterocycles. The lowest BCUT2D eigenvalue weighted by atomic mass is 9.93. The second-order valence-corrected chi connectivity index (χ2v) is 13.4. The van der Waals surface area contributed by atoms with Crippen LogP contribution in [0.15, 0.2) is 42.5 Å². The van der Waals surface area contributed by atoms with E-state index >= 15 is 0 Å². The number of nitrogens with one attached hydrogen (secondary N) is 1. The third-order valence-corrected chi connectivity index (χ3v) is 8.84. The normalized spacial score (nSPS) is 13.8. The molecule has 5 aromatic rings. The van der Waals surface area contributed by atoms with Gasteiger partial charge in [0.25, 0.3) is 0 Å². The molecule has 0 bridgehead atoms. The summed E-state index contributed by atoms with van der Waals surface area (Å²) in [6, 6.07) is 8.46. The van der Waals surface area contributed by atoms with Gasteiger partial charge in [0.15, 0.2) is 11.5 Å². The zero-order chi connectivity index (χ0) is 36.8. The number of rotatable bonds is 7. The van der Waals surface area contributed by atoms with Crippen molar-refractivity contribution in [2.24, 2.45) is 7.05 Å². The Morgan fingerprint density at radius 3 is 2.43 bits per heavy atom. The van der Waals surface area contributed by atoms with Crippen LogP contribution in [0.2, 0.25) is 5.02 Å². The van der Waals surface area contributed by atoms with E-state index in [1.54, 1.807) is 31.3 Å². The standard InChI is InChI=1S/C36H33ClF5N7O2/c1-35(2,51)13-12-22-8-9-23(24-10-11-26(37)30-32(24)48(3)47-34(30)43)31(44-22)27(16-19-14-20(38)17-21(39)15-19)45-29(50)18-49-28-7-5-4-6-25(28)33(46-49)36(40,41)42/h8-11,14-15,17,27,51H,4-7,16,18H2,1-3H3,(H2,43,47)(H,45,50)/t27-/m0/s1. The fourth-order valence-corrected chi connectivity index (χ4v) is 6.72. The minimum absolute atomic E-state index is 0.0811. The molecule has 0 radical (unpaired) electrons. The lowest BCUT2D eigenvalue weighted by molar-refractivity contribution is -0.142. The summed E-state index contributed by atoms with van der Waals surface area (Å²) < 4.78 is 73.3. The first-order valence-electron chi connectivity index (χ1n) is 16.1. The predicted molar refractivity (Wildman–Crippen MR) is 181 cm³/mol. The van der Waals surface area contributed by atoms with Crippen molar-refractivity contribution in [1.82, 2.24) is 29.9 Å². The number of anilines is 1. The summed E-state index contributed by atoms with van der Waals surface area (Å²) in [6.45, 7) is 2.43. The fourth-order valence-electron chi connectivity index (χ4n) is 6.47. The van der Waals surface area contributed by atoms with Crippen LogP contribution >= 0.6 is 11.6 Å². The van der Waals surface area contributed by atoms with Crippen LogP contribution in [0.3, 0.4) is 0 Å². The third kappa shape index (κ3) is 7.69. The molecule has 0 fully saturated rings. The minimum atomic E-state index is -4.70. The Bertz CT molecular complexity index is 2210. The average Bonchev–Trinajstić information content (AvgIpc) is 3.56. The van der Waals surface area contributed by atoms with Crippen molar-refractivity contribution in [3.63, 3.8) is 0 Å². The van der Waals surface area contributed by atoms with Gasteiger partial charge in [-0.1, -0.05) is 23.6 Å². The molecule has 1 atom stereocenters. The van der Waals surface area contributed by atoms with Gasteiger partial charge in [0.1, 0.15) is 29.5 Å². The lowest BCUT2D eigenvalue weighted by Gasteiger charge is -2.23. The van der Waals surface area contributed by atoms with Gasteiger partial charge in [-0.25, -0.2) is 13.8 Å². The number of nitrogens with two attached hydrogens (primary N) is 1. The first kappa shape index (κ1) is 35.8. The van der Waals surface area contributed by atoms with Gasteiger partial charge in [0.05, 0.1) is 27.7 Å². The van der Waals surface area contributed by atoms with Gasteiger partial charge in [0.2, 0.25) is 5.91 Å². The van der Waals surface area contributed by atoms with E-state index in [2.05, 4.69) is 27.4 Å². The number of aryl methyl sites for hydroxylation is 1. The van der Waals surface area contributed by atoms with Crippen molar-refractivity contribution in [3.05, 3.63) is 93.0 Å². The van der Waals surface area contributed by atoms with Crippen LogP contribution in [-0.2, 0) is 43.8 Å². The van der Waals surface area contributed by atoms with E-state index in [1.807, 2.05) is 0 Å². The summed E-state index contributed by atoms with van der Waals surface area (Å²) in [5.74, 6) is 3.28. The maximum atomic E-state index is 14.4. The molecule has 6 rings (SSSR count). The highest BCUT2D eigenvalue weighted by atomic mass is 35.5. The molecule has 2 aromatic carbocycles. The largest absolute Gasteiger partial charge is 0.435 e. The number of aromatic nitrogens is 5. The van der Waals surface area contributed by atoms with Crippen molar-refractivity contribution in [3.8, 4) is 23.0 Å². The molecule has 0 saturated heterocycles. The summed E-state index contributed by atoms with van der Waals surface area (Å²) in [5, 5.41) is 22.1. The molecule has 1 aliphatic carbocycles. The van der Waals surface area contributed by atoms with E-state index in [-0.39, 0.29) is 41.2 Å². The van der Waals surface area contributed by atoms with E-state index in [9.17, 15) is 31.9 Å². The number of alkyl halides is 3. The number of halogens is 6. The number of hydrogen-bond donors (Lipinski definition) is 3. The van der Waals surface area contributed by atoms with E-state index in [4.69, 9.17) is 22.3 Å². The molecule has 51 heavy (non-hydrogen) atoms. The Morgan fingerprint density at radius 2 is 1.75 bits per heavy atom. The molecule has 266 valence electrons. The highest BCUT2D eigenvalue weighted by Crippen LogP contribution is 2.39. The molecule has 0 saturated carbocycles. The smallest absolute Gasteiger partial charge is 0.382 e. The molecular formula is C36H33ClF5N7O2. The van der Waals surface area contributed by atoms with Crippen molar-refractivity contribution in [2.75, 3.05) is 5.73 Å². The molecule has 1 aliphatic rings. The number of amides is 1. The SMILES string of the molecule is Cn1nc(N)c2c(Cl)ccc(-c3ccc(C#CC(C)(C)O)nc3[C@H](Cc3cc(F)cc(F)c3)NC(=O)Cn3nc(C(F)(F)F)c4c3CCCC4)c21. The number of nitrogens with zero attached hydrogens (tertiary/aromatic N) is 5. The van der Waals surface area contributed by atoms with Gasteiger partial charge in [-0.2, -0.15) is 23.4 Å². The number of carbonyl (C=O) groups is 1. The summed E-state index contributed by atoms with van der Waals surface area (Å²) in [7, 11) is 1.67. The van der Waals surface area contributed by atoms with Crippen LogP contribution in [0.5, 0.6) is 0 Å².